The number of benzene rings is 1. The normalized spacial score (nSPS) is 15.3. The lowest BCUT2D eigenvalue weighted by atomic mass is 10.0. The Labute approximate surface area is 131 Å². The lowest BCUT2D eigenvalue weighted by Crippen LogP contribution is -2.39. The molecule has 1 aromatic carbocycles. The Kier molecular flexibility index (Phi) is 4.13. The number of aryl methyl sites for hydroxylation is 1. The summed E-state index contributed by atoms with van der Waals surface area (Å²) in [5.74, 6) is 0.373. The first-order valence-electron chi connectivity index (χ1n) is 7.39. The summed E-state index contributed by atoms with van der Waals surface area (Å²) >= 11 is 0. The van der Waals surface area contributed by atoms with E-state index in [0.29, 0.717) is 18.9 Å². The van der Waals surface area contributed by atoms with Gasteiger partial charge in [0.25, 0.3) is 0 Å². The van der Waals surface area contributed by atoms with Gasteiger partial charge in [-0.3, -0.25) is 4.72 Å². The summed E-state index contributed by atoms with van der Waals surface area (Å²) in [6.45, 7) is 2.88. The van der Waals surface area contributed by atoms with Crippen LogP contribution < -0.4 is 4.72 Å². The van der Waals surface area contributed by atoms with Gasteiger partial charge in [-0.2, -0.15) is 12.7 Å². The number of pyridine rings is 1. The highest BCUT2D eigenvalue weighted by Crippen LogP contribution is 2.21. The van der Waals surface area contributed by atoms with Crippen molar-refractivity contribution >= 4 is 16.0 Å². The molecule has 6 heteroatoms. The van der Waals surface area contributed by atoms with Crippen molar-refractivity contribution in [3.05, 3.63) is 59.3 Å². The van der Waals surface area contributed by atoms with Crippen molar-refractivity contribution in [2.24, 2.45) is 0 Å². The highest BCUT2D eigenvalue weighted by molar-refractivity contribution is 7.90. The van der Waals surface area contributed by atoms with Crippen LogP contribution >= 0.6 is 0 Å². The number of nitrogens with one attached hydrogen (secondary N) is 1. The van der Waals surface area contributed by atoms with E-state index in [2.05, 4.69) is 15.8 Å². The van der Waals surface area contributed by atoms with Gasteiger partial charge in [0.05, 0.1) is 0 Å². The number of rotatable bonds is 4. The molecule has 0 atom stereocenters. The van der Waals surface area contributed by atoms with Gasteiger partial charge in [0.1, 0.15) is 5.82 Å². The van der Waals surface area contributed by atoms with Crippen LogP contribution in [0.1, 0.15) is 23.7 Å². The zero-order chi connectivity index (χ0) is 15.6. The van der Waals surface area contributed by atoms with E-state index in [4.69, 9.17) is 0 Å². The first-order valence-corrected chi connectivity index (χ1v) is 8.83. The Morgan fingerprint density at radius 3 is 2.68 bits per heavy atom. The van der Waals surface area contributed by atoms with Crippen LogP contribution in [0.4, 0.5) is 5.82 Å². The summed E-state index contributed by atoms with van der Waals surface area (Å²) in [6, 6.07) is 13.3. The van der Waals surface area contributed by atoms with Gasteiger partial charge >= 0.3 is 10.2 Å². The molecule has 2 aromatic rings. The molecule has 0 amide bonds. The summed E-state index contributed by atoms with van der Waals surface area (Å²) in [4.78, 5) is 4.30. The number of nitrogens with zero attached hydrogens (tertiary/aromatic N) is 2. The minimum absolute atomic E-state index is 0.373. The van der Waals surface area contributed by atoms with Crippen LogP contribution in [0.25, 0.3) is 0 Å². The average Bonchev–Trinajstić information content (AvgIpc) is 2.54. The molecule has 0 fully saturated rings. The summed E-state index contributed by atoms with van der Waals surface area (Å²) in [5.41, 5.74) is 3.15. The number of anilines is 1. The molecule has 2 heterocycles. The van der Waals surface area contributed by atoms with E-state index >= 15 is 0 Å². The SMILES string of the molecule is CCc1cccc(NS(=O)(=O)N2CCc3ccccc3C2)n1. The van der Waals surface area contributed by atoms with Gasteiger partial charge in [-0.05, 0) is 36.1 Å². The van der Waals surface area contributed by atoms with Crippen LogP contribution in [0.15, 0.2) is 42.5 Å². The third-order valence-electron chi connectivity index (χ3n) is 3.84. The molecule has 0 saturated heterocycles. The maximum atomic E-state index is 12.5. The largest absolute Gasteiger partial charge is 0.303 e. The predicted octanol–water partition coefficient (Wildman–Crippen LogP) is 2.36. The van der Waals surface area contributed by atoms with Crippen LogP contribution in [0.3, 0.4) is 0 Å². The summed E-state index contributed by atoms with van der Waals surface area (Å²) in [7, 11) is -3.58. The topological polar surface area (TPSA) is 62.3 Å². The average molecular weight is 317 g/mol. The fourth-order valence-corrected chi connectivity index (χ4v) is 3.75. The Hall–Kier alpha value is -1.92. The van der Waals surface area contributed by atoms with E-state index in [9.17, 15) is 8.42 Å². The summed E-state index contributed by atoms with van der Waals surface area (Å²) < 4.78 is 29.1. The fraction of sp³-hybridized carbons (Fsp3) is 0.312. The maximum absolute atomic E-state index is 12.5. The van der Waals surface area contributed by atoms with Crippen molar-refractivity contribution in [1.82, 2.24) is 9.29 Å². The summed E-state index contributed by atoms with van der Waals surface area (Å²) in [5, 5.41) is 0. The molecule has 3 rings (SSSR count). The number of aromatic nitrogens is 1. The molecular weight excluding hydrogens is 298 g/mol. The van der Waals surface area contributed by atoms with Crippen LogP contribution in [0, 0.1) is 0 Å². The van der Waals surface area contributed by atoms with Crippen molar-refractivity contribution in [2.75, 3.05) is 11.3 Å². The first kappa shape index (κ1) is 15.0. The smallest absolute Gasteiger partial charge is 0.254 e. The second-order valence-electron chi connectivity index (χ2n) is 5.33. The Morgan fingerprint density at radius 2 is 1.91 bits per heavy atom. The lowest BCUT2D eigenvalue weighted by molar-refractivity contribution is 0.394. The quantitative estimate of drug-likeness (QED) is 0.941. The van der Waals surface area contributed by atoms with Crippen LogP contribution in [0.5, 0.6) is 0 Å². The molecule has 1 aromatic heterocycles. The second-order valence-corrected chi connectivity index (χ2v) is 7.00. The van der Waals surface area contributed by atoms with Gasteiger partial charge in [-0.1, -0.05) is 37.3 Å². The van der Waals surface area contributed by atoms with E-state index in [1.807, 2.05) is 37.3 Å². The van der Waals surface area contributed by atoms with Gasteiger partial charge in [-0.25, -0.2) is 4.98 Å². The summed E-state index contributed by atoms with van der Waals surface area (Å²) in [6.07, 6.45) is 1.51. The van der Waals surface area contributed by atoms with E-state index in [1.165, 1.54) is 9.87 Å². The number of hydrogen-bond donors (Lipinski definition) is 1. The van der Waals surface area contributed by atoms with Crippen molar-refractivity contribution in [1.29, 1.82) is 0 Å². The molecule has 0 saturated carbocycles. The van der Waals surface area contributed by atoms with Gasteiger partial charge < -0.3 is 0 Å². The van der Waals surface area contributed by atoms with Crippen molar-refractivity contribution < 1.29 is 8.42 Å². The highest BCUT2D eigenvalue weighted by Gasteiger charge is 2.26. The van der Waals surface area contributed by atoms with E-state index in [0.717, 1.165) is 24.1 Å². The van der Waals surface area contributed by atoms with Crippen molar-refractivity contribution in [3.63, 3.8) is 0 Å². The van der Waals surface area contributed by atoms with Crippen LogP contribution in [-0.2, 0) is 29.6 Å². The molecule has 0 spiro atoms. The molecule has 0 unspecified atom stereocenters. The van der Waals surface area contributed by atoms with Crippen LogP contribution in [-0.4, -0.2) is 24.3 Å². The lowest BCUT2D eigenvalue weighted by Gasteiger charge is -2.28. The Morgan fingerprint density at radius 1 is 1.14 bits per heavy atom. The molecule has 1 aliphatic rings. The maximum Gasteiger partial charge on any atom is 0.303 e. The van der Waals surface area contributed by atoms with Gasteiger partial charge in [0.2, 0.25) is 0 Å². The minimum atomic E-state index is -3.58. The molecular formula is C16H19N3O2S. The van der Waals surface area contributed by atoms with E-state index in [1.54, 1.807) is 6.07 Å². The number of fused-ring (bicyclic) bond motifs is 1. The molecule has 22 heavy (non-hydrogen) atoms. The Balaban J connectivity index is 1.79. The molecule has 0 radical (unpaired) electrons. The molecule has 5 nitrogen and oxygen atoms in total. The minimum Gasteiger partial charge on any atom is -0.254 e. The molecule has 1 aliphatic heterocycles. The predicted molar refractivity (Wildman–Crippen MR) is 86.7 cm³/mol. The van der Waals surface area contributed by atoms with Gasteiger partial charge in [0, 0.05) is 18.8 Å². The third kappa shape index (κ3) is 3.13. The Bertz CT molecular complexity index is 774. The molecule has 0 bridgehead atoms. The molecule has 116 valence electrons. The van der Waals surface area contributed by atoms with Crippen molar-refractivity contribution in [2.45, 2.75) is 26.3 Å². The number of hydrogen-bond acceptors (Lipinski definition) is 3. The van der Waals surface area contributed by atoms with Gasteiger partial charge in [0.15, 0.2) is 0 Å². The zero-order valence-electron chi connectivity index (χ0n) is 12.5. The molecule has 0 aliphatic carbocycles. The molecule has 1 N–H and O–H groups in total. The van der Waals surface area contributed by atoms with E-state index in [-0.39, 0.29) is 0 Å². The first-order chi connectivity index (χ1) is 10.6. The zero-order valence-corrected chi connectivity index (χ0v) is 13.3. The fourth-order valence-electron chi connectivity index (χ4n) is 2.61. The van der Waals surface area contributed by atoms with Gasteiger partial charge in [-0.15, -0.1) is 0 Å². The third-order valence-corrected chi connectivity index (χ3v) is 5.30. The highest BCUT2D eigenvalue weighted by atomic mass is 32.2. The second kappa shape index (κ2) is 6.06. The standard InChI is InChI=1S/C16H19N3O2S/c1-2-15-8-5-9-16(17-15)18-22(20,21)19-11-10-13-6-3-4-7-14(13)12-19/h3-9H,2,10-12H2,1H3,(H,17,18). The van der Waals surface area contributed by atoms with E-state index < -0.39 is 10.2 Å². The van der Waals surface area contributed by atoms with Crippen LogP contribution in [0.2, 0.25) is 0 Å². The monoisotopic (exact) mass is 317 g/mol. The van der Waals surface area contributed by atoms with Crippen molar-refractivity contribution in [3.8, 4) is 0 Å².